The third-order valence-electron chi connectivity index (χ3n) is 5.57. The molecule has 0 aliphatic rings. The lowest BCUT2D eigenvalue weighted by Crippen LogP contribution is -2.45. The number of carbonyl (C=O) groups excluding carboxylic acids is 1. The first-order valence-corrected chi connectivity index (χ1v) is 13.0. The van der Waals surface area contributed by atoms with Crippen LogP contribution in [0.15, 0.2) is 48.5 Å². The summed E-state index contributed by atoms with van der Waals surface area (Å²) < 4.78 is 29.8. The van der Waals surface area contributed by atoms with Crippen LogP contribution in [0.2, 0.25) is 0 Å². The molecule has 0 aliphatic carbocycles. The first-order valence-electron chi connectivity index (χ1n) is 13.0. The Hall–Kier alpha value is -3.17. The molecular formula is C29H41FN2O6. The van der Waals surface area contributed by atoms with Gasteiger partial charge in [0.25, 0.3) is 0 Å². The van der Waals surface area contributed by atoms with Crippen molar-refractivity contribution in [3.63, 3.8) is 0 Å². The van der Waals surface area contributed by atoms with Gasteiger partial charge in [0.1, 0.15) is 18.2 Å². The van der Waals surface area contributed by atoms with E-state index in [0.29, 0.717) is 58.2 Å². The van der Waals surface area contributed by atoms with Gasteiger partial charge in [-0.1, -0.05) is 45.0 Å². The zero-order chi connectivity index (χ0) is 28.0. The van der Waals surface area contributed by atoms with Crippen molar-refractivity contribution in [1.29, 1.82) is 0 Å². The van der Waals surface area contributed by atoms with Gasteiger partial charge >= 0.3 is 12.0 Å². The molecule has 0 aliphatic heterocycles. The minimum absolute atomic E-state index is 0.0420. The molecule has 2 aromatic carbocycles. The summed E-state index contributed by atoms with van der Waals surface area (Å²) in [5.74, 6) is -0.634. The number of rotatable bonds is 16. The Kier molecular flexibility index (Phi) is 13.0. The van der Waals surface area contributed by atoms with Gasteiger partial charge in [-0.25, -0.2) is 14.0 Å². The number of carboxylic acid groups (broad SMARTS) is 1. The molecule has 0 saturated carbocycles. The lowest BCUT2D eigenvalue weighted by molar-refractivity contribution is -0.149. The number of urea groups is 1. The fraction of sp³-hybridized carbons (Fsp3) is 0.517. The average Bonchev–Trinajstić information content (AvgIpc) is 2.87. The van der Waals surface area contributed by atoms with Crippen molar-refractivity contribution >= 4 is 12.0 Å². The van der Waals surface area contributed by atoms with Gasteiger partial charge in [-0.2, -0.15) is 0 Å². The van der Waals surface area contributed by atoms with Gasteiger partial charge in [-0.05, 0) is 54.2 Å². The molecule has 1 atom stereocenters. The van der Waals surface area contributed by atoms with E-state index in [0.717, 1.165) is 11.1 Å². The van der Waals surface area contributed by atoms with Crippen molar-refractivity contribution in [2.45, 2.75) is 53.2 Å². The lowest BCUT2D eigenvalue weighted by atomic mass is 9.97. The minimum Gasteiger partial charge on any atom is -0.492 e. The molecule has 0 saturated heterocycles. The molecule has 2 rings (SSSR count). The van der Waals surface area contributed by atoms with E-state index in [2.05, 4.69) is 26.1 Å². The van der Waals surface area contributed by atoms with Crippen molar-refractivity contribution in [3.8, 4) is 5.75 Å². The molecule has 0 bridgehead atoms. The molecule has 210 valence electrons. The fourth-order valence-electron chi connectivity index (χ4n) is 3.52. The lowest BCUT2D eigenvalue weighted by Gasteiger charge is -2.26. The van der Waals surface area contributed by atoms with Crippen LogP contribution in [-0.2, 0) is 27.3 Å². The van der Waals surface area contributed by atoms with Crippen LogP contribution in [0.3, 0.4) is 0 Å². The Labute approximate surface area is 225 Å². The molecule has 8 nitrogen and oxygen atoms in total. The molecule has 0 spiro atoms. The molecule has 0 fully saturated rings. The largest absolute Gasteiger partial charge is 0.492 e. The Morgan fingerprint density at radius 2 is 1.66 bits per heavy atom. The predicted molar refractivity (Wildman–Crippen MR) is 144 cm³/mol. The number of carboxylic acids is 1. The Morgan fingerprint density at radius 3 is 2.26 bits per heavy atom. The number of amides is 2. The van der Waals surface area contributed by atoms with E-state index >= 15 is 0 Å². The van der Waals surface area contributed by atoms with Crippen LogP contribution in [-0.4, -0.2) is 67.6 Å². The molecule has 2 N–H and O–H groups in total. The molecule has 9 heteroatoms. The Bertz CT molecular complexity index is 976. The second-order valence-electron chi connectivity index (χ2n) is 10.2. The van der Waals surface area contributed by atoms with Crippen LogP contribution >= 0.6 is 0 Å². The Balaban J connectivity index is 1.83. The Morgan fingerprint density at radius 1 is 1.00 bits per heavy atom. The molecule has 0 heterocycles. The first kappa shape index (κ1) is 31.1. The van der Waals surface area contributed by atoms with Crippen LogP contribution in [0.5, 0.6) is 5.75 Å². The number of hydrogen-bond acceptors (Lipinski definition) is 5. The van der Waals surface area contributed by atoms with Crippen LogP contribution in [0.4, 0.5) is 9.18 Å². The number of nitrogens with one attached hydrogen (secondary N) is 1. The highest BCUT2D eigenvalue weighted by atomic mass is 19.1. The summed E-state index contributed by atoms with van der Waals surface area (Å²) >= 11 is 0. The van der Waals surface area contributed by atoms with Gasteiger partial charge in [0.05, 0.1) is 13.2 Å². The first-order chi connectivity index (χ1) is 18.1. The van der Waals surface area contributed by atoms with E-state index in [4.69, 9.17) is 14.2 Å². The van der Waals surface area contributed by atoms with Gasteiger partial charge in [-0.3, -0.25) is 0 Å². The molecule has 38 heavy (non-hydrogen) atoms. The van der Waals surface area contributed by atoms with E-state index in [1.807, 2.05) is 12.1 Å². The standard InChI is InChI=1S/C29H41FN2O6/c1-5-37-26(27(33)34)19-22-9-13-25(14-10-22)38-18-16-32(28(35)31-21-29(2,3)4)15-6-17-36-20-23-7-11-24(30)12-8-23/h7-14,26H,5-6,15-21H2,1-4H3,(H,31,35)(H,33,34). The van der Waals surface area contributed by atoms with Crippen molar-refractivity contribution in [2.24, 2.45) is 5.41 Å². The highest BCUT2D eigenvalue weighted by Gasteiger charge is 2.19. The number of halogens is 1. The number of carbonyl (C=O) groups is 2. The molecular weight excluding hydrogens is 491 g/mol. The van der Waals surface area contributed by atoms with Crippen molar-refractivity contribution < 1.29 is 33.3 Å². The number of aliphatic carboxylic acids is 1. The quantitative estimate of drug-likeness (QED) is 0.299. The summed E-state index contributed by atoms with van der Waals surface area (Å²) in [6.45, 7) is 10.8. The summed E-state index contributed by atoms with van der Waals surface area (Å²) in [4.78, 5) is 25.8. The zero-order valence-electron chi connectivity index (χ0n) is 22.9. The molecule has 0 aromatic heterocycles. The van der Waals surface area contributed by atoms with Crippen LogP contribution < -0.4 is 10.1 Å². The van der Waals surface area contributed by atoms with E-state index in [9.17, 15) is 19.1 Å². The molecule has 2 amide bonds. The van der Waals surface area contributed by atoms with Crippen LogP contribution in [0, 0.1) is 11.2 Å². The summed E-state index contributed by atoms with van der Waals surface area (Å²) in [5.41, 5.74) is 1.68. The second-order valence-corrected chi connectivity index (χ2v) is 10.2. The highest BCUT2D eigenvalue weighted by molar-refractivity contribution is 5.74. The number of benzene rings is 2. The van der Waals surface area contributed by atoms with Gasteiger partial charge in [-0.15, -0.1) is 0 Å². The zero-order valence-corrected chi connectivity index (χ0v) is 22.9. The molecule has 1 unspecified atom stereocenters. The van der Waals surface area contributed by atoms with Gasteiger partial charge in [0.2, 0.25) is 0 Å². The van der Waals surface area contributed by atoms with E-state index < -0.39 is 12.1 Å². The monoisotopic (exact) mass is 532 g/mol. The van der Waals surface area contributed by atoms with Crippen LogP contribution in [0.25, 0.3) is 0 Å². The minimum atomic E-state index is -0.988. The summed E-state index contributed by atoms with van der Waals surface area (Å²) in [6.07, 6.45) is 0.0317. The molecule has 2 aromatic rings. The maximum Gasteiger partial charge on any atom is 0.333 e. The third-order valence-corrected chi connectivity index (χ3v) is 5.57. The van der Waals surface area contributed by atoms with Gasteiger partial charge in [0, 0.05) is 32.7 Å². The predicted octanol–water partition coefficient (Wildman–Crippen LogP) is 4.90. The van der Waals surface area contributed by atoms with Crippen molar-refractivity contribution in [1.82, 2.24) is 10.2 Å². The summed E-state index contributed by atoms with van der Waals surface area (Å²) in [5, 5.41) is 12.2. The van der Waals surface area contributed by atoms with E-state index in [1.54, 1.807) is 36.1 Å². The number of nitrogens with zero attached hydrogens (tertiary/aromatic N) is 1. The van der Waals surface area contributed by atoms with Crippen molar-refractivity contribution in [2.75, 3.05) is 39.5 Å². The topological polar surface area (TPSA) is 97.3 Å². The van der Waals surface area contributed by atoms with Crippen LogP contribution in [0.1, 0.15) is 45.2 Å². The fourth-order valence-corrected chi connectivity index (χ4v) is 3.52. The normalized spacial score (nSPS) is 12.1. The average molecular weight is 533 g/mol. The number of ether oxygens (including phenoxy) is 3. The smallest absolute Gasteiger partial charge is 0.333 e. The third kappa shape index (κ3) is 12.4. The summed E-state index contributed by atoms with van der Waals surface area (Å²) in [7, 11) is 0. The maximum absolute atomic E-state index is 13.0. The highest BCUT2D eigenvalue weighted by Crippen LogP contribution is 2.15. The SMILES string of the molecule is CCOC(Cc1ccc(OCCN(CCCOCc2ccc(F)cc2)C(=O)NCC(C)(C)C)cc1)C(=O)O. The van der Waals surface area contributed by atoms with E-state index in [1.165, 1.54) is 12.1 Å². The number of hydrogen-bond donors (Lipinski definition) is 2. The van der Waals surface area contributed by atoms with Gasteiger partial charge in [0.15, 0.2) is 6.10 Å². The van der Waals surface area contributed by atoms with Crippen molar-refractivity contribution in [3.05, 3.63) is 65.5 Å². The second kappa shape index (κ2) is 15.9. The summed E-state index contributed by atoms with van der Waals surface area (Å²) in [6, 6.07) is 13.2. The van der Waals surface area contributed by atoms with Gasteiger partial charge < -0.3 is 29.5 Å². The molecule has 0 radical (unpaired) electrons. The maximum atomic E-state index is 13.0. The van der Waals surface area contributed by atoms with E-state index in [-0.39, 0.29) is 23.7 Å².